The van der Waals surface area contributed by atoms with E-state index in [1.54, 1.807) is 0 Å². The van der Waals surface area contributed by atoms with Crippen LogP contribution in [0.5, 0.6) is 0 Å². The largest absolute Gasteiger partial charge is 0.379 e. The molecule has 0 radical (unpaired) electrons. The molecule has 3 nitrogen and oxygen atoms in total. The molecular formula is C11H24N2O. The predicted octanol–water partition coefficient (Wildman–Crippen LogP) is 1.10. The predicted molar refractivity (Wildman–Crippen MR) is 59.7 cm³/mol. The first-order chi connectivity index (χ1) is 6.93. The molecule has 84 valence electrons. The van der Waals surface area contributed by atoms with Gasteiger partial charge in [0, 0.05) is 13.1 Å². The van der Waals surface area contributed by atoms with Crippen molar-refractivity contribution in [1.29, 1.82) is 0 Å². The Labute approximate surface area is 87.8 Å². The first-order valence-electron chi connectivity index (χ1n) is 5.94. The highest BCUT2D eigenvalue weighted by Gasteiger charge is 2.04. The highest BCUT2D eigenvalue weighted by molar-refractivity contribution is 4.59. The summed E-state index contributed by atoms with van der Waals surface area (Å²) < 4.78 is 5.54. The van der Waals surface area contributed by atoms with Gasteiger partial charge in [0.2, 0.25) is 0 Å². The van der Waals surface area contributed by atoms with Gasteiger partial charge in [-0.15, -0.1) is 0 Å². The first-order valence-corrected chi connectivity index (χ1v) is 5.94. The van der Waals surface area contributed by atoms with E-state index in [2.05, 4.69) is 17.1 Å². The van der Waals surface area contributed by atoms with Crippen LogP contribution in [0.15, 0.2) is 0 Å². The van der Waals surface area contributed by atoms with Gasteiger partial charge in [-0.3, -0.25) is 0 Å². The van der Waals surface area contributed by atoms with Gasteiger partial charge < -0.3 is 15.0 Å². The van der Waals surface area contributed by atoms with E-state index in [0.717, 1.165) is 32.8 Å². The Hall–Kier alpha value is -0.120. The van der Waals surface area contributed by atoms with Crippen LogP contribution in [0.1, 0.15) is 26.2 Å². The van der Waals surface area contributed by atoms with Crippen LogP contribution in [0, 0.1) is 0 Å². The number of hydrogen-bond acceptors (Lipinski definition) is 3. The molecule has 1 heterocycles. The summed E-state index contributed by atoms with van der Waals surface area (Å²) >= 11 is 0. The maximum absolute atomic E-state index is 5.54. The summed E-state index contributed by atoms with van der Waals surface area (Å²) in [5, 5.41) is 3.39. The van der Waals surface area contributed by atoms with Gasteiger partial charge in [-0.2, -0.15) is 0 Å². The summed E-state index contributed by atoms with van der Waals surface area (Å²) in [5.74, 6) is 0. The van der Waals surface area contributed by atoms with E-state index in [4.69, 9.17) is 4.74 Å². The fraction of sp³-hybridized carbons (Fsp3) is 1.00. The molecule has 0 aliphatic carbocycles. The Morgan fingerprint density at radius 2 is 2.07 bits per heavy atom. The van der Waals surface area contributed by atoms with Gasteiger partial charge in [0.05, 0.1) is 13.2 Å². The normalized spacial score (nSPS) is 22.9. The van der Waals surface area contributed by atoms with Crippen LogP contribution >= 0.6 is 0 Å². The number of hydrogen-bond donors (Lipinski definition) is 1. The molecule has 1 aliphatic heterocycles. The first kappa shape index (κ1) is 12.0. The van der Waals surface area contributed by atoms with Gasteiger partial charge in [0.1, 0.15) is 0 Å². The molecule has 0 bridgehead atoms. The fourth-order valence-corrected chi connectivity index (χ4v) is 1.80. The smallest absolute Gasteiger partial charge is 0.0594 e. The maximum Gasteiger partial charge on any atom is 0.0594 e. The van der Waals surface area contributed by atoms with Crippen molar-refractivity contribution in [2.45, 2.75) is 26.2 Å². The van der Waals surface area contributed by atoms with E-state index >= 15 is 0 Å². The van der Waals surface area contributed by atoms with E-state index in [1.807, 2.05) is 0 Å². The van der Waals surface area contributed by atoms with Crippen LogP contribution in [0.2, 0.25) is 0 Å². The molecule has 0 unspecified atom stereocenters. The molecule has 0 aromatic heterocycles. The molecule has 1 aliphatic rings. The van der Waals surface area contributed by atoms with Gasteiger partial charge in [-0.25, -0.2) is 0 Å². The van der Waals surface area contributed by atoms with Crippen LogP contribution < -0.4 is 5.32 Å². The average molecular weight is 200 g/mol. The van der Waals surface area contributed by atoms with Crippen LogP contribution in [0.3, 0.4) is 0 Å². The lowest BCUT2D eigenvalue weighted by molar-refractivity contribution is 0.107. The lowest BCUT2D eigenvalue weighted by Crippen LogP contribution is -2.29. The molecule has 0 spiro atoms. The third kappa shape index (κ3) is 5.58. The lowest BCUT2D eigenvalue weighted by Gasteiger charge is -2.20. The van der Waals surface area contributed by atoms with Gasteiger partial charge in [0.25, 0.3) is 0 Å². The summed E-state index contributed by atoms with van der Waals surface area (Å²) in [7, 11) is 0. The van der Waals surface area contributed by atoms with Crippen molar-refractivity contribution in [3.8, 4) is 0 Å². The fourth-order valence-electron chi connectivity index (χ4n) is 1.80. The molecule has 3 heteroatoms. The molecule has 0 aromatic rings. The van der Waals surface area contributed by atoms with Gasteiger partial charge in [-0.1, -0.05) is 6.92 Å². The Bertz CT molecular complexity index is 118. The van der Waals surface area contributed by atoms with Crippen molar-refractivity contribution >= 4 is 0 Å². The maximum atomic E-state index is 5.54. The van der Waals surface area contributed by atoms with E-state index in [0.29, 0.717) is 0 Å². The Balaban J connectivity index is 2.20. The lowest BCUT2D eigenvalue weighted by atomic mass is 10.2. The summed E-state index contributed by atoms with van der Waals surface area (Å²) in [6, 6.07) is 0. The van der Waals surface area contributed by atoms with Crippen LogP contribution in [-0.2, 0) is 4.74 Å². The zero-order valence-electron chi connectivity index (χ0n) is 9.43. The molecule has 1 rings (SSSR count). The molecule has 14 heavy (non-hydrogen) atoms. The van der Waals surface area contributed by atoms with Gasteiger partial charge in [-0.05, 0) is 38.9 Å². The SMILES string of the molecule is CCCN1CCCCNCCOCC1. The summed E-state index contributed by atoms with van der Waals surface area (Å²) in [6.45, 7) is 9.70. The minimum Gasteiger partial charge on any atom is -0.379 e. The van der Waals surface area contributed by atoms with Crippen molar-refractivity contribution in [2.75, 3.05) is 45.9 Å². The third-order valence-corrected chi connectivity index (χ3v) is 2.59. The second kappa shape index (κ2) is 8.21. The number of nitrogens with zero attached hydrogens (tertiary/aromatic N) is 1. The second-order valence-electron chi connectivity index (χ2n) is 3.91. The van der Waals surface area contributed by atoms with Crippen molar-refractivity contribution in [2.24, 2.45) is 0 Å². The molecule has 0 atom stereocenters. The monoisotopic (exact) mass is 200 g/mol. The molecular weight excluding hydrogens is 176 g/mol. The summed E-state index contributed by atoms with van der Waals surface area (Å²) in [5.41, 5.74) is 0. The van der Waals surface area contributed by atoms with Gasteiger partial charge >= 0.3 is 0 Å². The minimum atomic E-state index is 0.861. The molecule has 1 N–H and O–H groups in total. The van der Waals surface area contributed by atoms with E-state index in [1.165, 1.54) is 32.4 Å². The zero-order chi connectivity index (χ0) is 10.1. The standard InChI is InChI=1S/C11H24N2O/c1-2-7-13-8-4-3-5-12-6-10-14-11-9-13/h12H,2-11H2,1H3. The molecule has 0 saturated carbocycles. The third-order valence-electron chi connectivity index (χ3n) is 2.59. The molecule has 1 fully saturated rings. The van der Waals surface area contributed by atoms with E-state index < -0.39 is 0 Å². The second-order valence-corrected chi connectivity index (χ2v) is 3.91. The molecule has 0 amide bonds. The average Bonchev–Trinajstić information content (AvgIpc) is 2.24. The Morgan fingerprint density at radius 3 is 2.93 bits per heavy atom. The quantitative estimate of drug-likeness (QED) is 0.722. The topological polar surface area (TPSA) is 24.5 Å². The van der Waals surface area contributed by atoms with Gasteiger partial charge in [0.15, 0.2) is 0 Å². The van der Waals surface area contributed by atoms with E-state index in [-0.39, 0.29) is 0 Å². The number of rotatable bonds is 2. The summed E-state index contributed by atoms with van der Waals surface area (Å²) in [4.78, 5) is 2.52. The zero-order valence-corrected chi connectivity index (χ0v) is 9.43. The van der Waals surface area contributed by atoms with Crippen molar-refractivity contribution in [3.63, 3.8) is 0 Å². The van der Waals surface area contributed by atoms with Crippen LogP contribution in [0.4, 0.5) is 0 Å². The highest BCUT2D eigenvalue weighted by Crippen LogP contribution is 1.97. The molecule has 1 saturated heterocycles. The highest BCUT2D eigenvalue weighted by atomic mass is 16.5. The number of ether oxygens (including phenoxy) is 1. The van der Waals surface area contributed by atoms with Crippen LogP contribution in [0.25, 0.3) is 0 Å². The number of nitrogens with one attached hydrogen (secondary N) is 1. The molecule has 0 aromatic carbocycles. The van der Waals surface area contributed by atoms with E-state index in [9.17, 15) is 0 Å². The summed E-state index contributed by atoms with van der Waals surface area (Å²) in [6.07, 6.45) is 3.85. The Kier molecular flexibility index (Phi) is 7.01. The van der Waals surface area contributed by atoms with Crippen LogP contribution in [-0.4, -0.2) is 50.8 Å². The van der Waals surface area contributed by atoms with Crippen molar-refractivity contribution in [1.82, 2.24) is 10.2 Å². The minimum absolute atomic E-state index is 0.861. The Morgan fingerprint density at radius 1 is 1.14 bits per heavy atom. The van der Waals surface area contributed by atoms with Crippen molar-refractivity contribution < 1.29 is 4.74 Å². The van der Waals surface area contributed by atoms with Crippen molar-refractivity contribution in [3.05, 3.63) is 0 Å².